The Labute approximate surface area is 160 Å². The average molecular weight is 381 g/mol. The van der Waals surface area contributed by atoms with E-state index in [0.717, 1.165) is 36.0 Å². The first-order valence-corrected chi connectivity index (χ1v) is 10.8. The van der Waals surface area contributed by atoms with Gasteiger partial charge in [0.1, 0.15) is 5.78 Å². The number of hydrogen-bond acceptors (Lipinski definition) is 3. The van der Waals surface area contributed by atoms with Crippen LogP contribution in [-0.4, -0.2) is 20.2 Å². The van der Waals surface area contributed by atoms with Gasteiger partial charge in [0.05, 0.1) is 16.6 Å². The number of aryl methyl sites for hydroxylation is 1. The molecule has 140 valence electrons. The molecule has 2 aromatic carbocycles. The molecule has 0 radical (unpaired) electrons. The monoisotopic (exact) mass is 381 g/mol. The van der Waals surface area contributed by atoms with E-state index in [0.29, 0.717) is 5.69 Å². The molecular weight excluding hydrogens is 358 g/mol. The van der Waals surface area contributed by atoms with Crippen LogP contribution in [0.3, 0.4) is 0 Å². The van der Waals surface area contributed by atoms with Gasteiger partial charge in [0.15, 0.2) is 0 Å². The summed E-state index contributed by atoms with van der Waals surface area (Å²) in [4.78, 5) is 12.3. The van der Waals surface area contributed by atoms with Crippen molar-refractivity contribution >= 4 is 27.1 Å². The highest BCUT2D eigenvalue weighted by Gasteiger charge is 2.41. The number of para-hydroxylation sites is 1. The lowest BCUT2D eigenvalue weighted by molar-refractivity contribution is -0.117. The highest BCUT2D eigenvalue weighted by atomic mass is 32.2. The molecule has 1 aliphatic heterocycles. The third-order valence-electron chi connectivity index (χ3n) is 5.47. The molecule has 0 spiro atoms. The van der Waals surface area contributed by atoms with Crippen molar-refractivity contribution < 1.29 is 13.2 Å². The smallest absolute Gasteiger partial charge is 0.264 e. The first-order valence-electron chi connectivity index (χ1n) is 9.31. The van der Waals surface area contributed by atoms with Gasteiger partial charge in [-0.3, -0.25) is 9.10 Å². The van der Waals surface area contributed by atoms with Crippen LogP contribution in [0.1, 0.15) is 43.7 Å². The summed E-state index contributed by atoms with van der Waals surface area (Å²) in [6.07, 6.45) is 3.00. The average Bonchev–Trinajstić information content (AvgIpc) is 3.12. The van der Waals surface area contributed by atoms with Crippen LogP contribution in [0, 0.1) is 6.92 Å². The minimum Gasteiger partial charge on any atom is -0.300 e. The number of anilines is 1. The summed E-state index contributed by atoms with van der Waals surface area (Å²) in [5, 5.41) is 0. The lowest BCUT2D eigenvalue weighted by Crippen LogP contribution is -2.44. The van der Waals surface area contributed by atoms with Crippen molar-refractivity contribution in [3.63, 3.8) is 0 Å². The number of sulfonamides is 1. The number of fused-ring (bicyclic) bond motifs is 2. The Morgan fingerprint density at radius 1 is 1.07 bits per heavy atom. The molecule has 1 atom stereocenters. The van der Waals surface area contributed by atoms with Crippen LogP contribution in [0.2, 0.25) is 0 Å². The maximum Gasteiger partial charge on any atom is 0.264 e. The number of ketones is 1. The molecule has 0 aromatic heterocycles. The SMILES string of the molecule is CC(=O)CC1C2=C(CCC2)c2ccccc2N1S(=O)(=O)c1ccc(C)cc1. The van der Waals surface area contributed by atoms with Crippen molar-refractivity contribution in [3.8, 4) is 0 Å². The topological polar surface area (TPSA) is 54.5 Å². The lowest BCUT2D eigenvalue weighted by Gasteiger charge is -2.39. The quantitative estimate of drug-likeness (QED) is 0.784. The fourth-order valence-corrected chi connectivity index (χ4v) is 5.93. The van der Waals surface area contributed by atoms with Crippen molar-refractivity contribution in [3.05, 3.63) is 65.2 Å². The molecule has 4 nitrogen and oxygen atoms in total. The van der Waals surface area contributed by atoms with E-state index >= 15 is 0 Å². The van der Waals surface area contributed by atoms with Crippen LogP contribution in [0.4, 0.5) is 5.69 Å². The number of Topliss-reactive ketones (excluding diaryl/α,β-unsaturated/α-hetero) is 1. The first kappa shape index (κ1) is 18.0. The minimum atomic E-state index is -3.78. The van der Waals surface area contributed by atoms with Crippen LogP contribution >= 0.6 is 0 Å². The zero-order valence-electron chi connectivity index (χ0n) is 15.6. The van der Waals surface area contributed by atoms with Crippen molar-refractivity contribution in [2.75, 3.05) is 4.31 Å². The highest BCUT2D eigenvalue weighted by Crippen LogP contribution is 2.48. The molecule has 0 bridgehead atoms. The van der Waals surface area contributed by atoms with Crippen molar-refractivity contribution in [1.82, 2.24) is 0 Å². The zero-order valence-corrected chi connectivity index (χ0v) is 16.4. The normalized spacial score (nSPS) is 19.0. The van der Waals surface area contributed by atoms with E-state index in [1.165, 1.54) is 16.8 Å². The molecule has 0 saturated heterocycles. The summed E-state index contributed by atoms with van der Waals surface area (Å²) < 4.78 is 28.8. The number of rotatable bonds is 4. The molecule has 5 heteroatoms. The van der Waals surface area contributed by atoms with Gasteiger partial charge in [-0.05, 0) is 62.5 Å². The molecule has 1 aliphatic carbocycles. The van der Waals surface area contributed by atoms with E-state index in [9.17, 15) is 13.2 Å². The molecule has 0 N–H and O–H groups in total. The van der Waals surface area contributed by atoms with Crippen molar-refractivity contribution in [1.29, 1.82) is 0 Å². The van der Waals surface area contributed by atoms with Gasteiger partial charge in [-0.2, -0.15) is 0 Å². The van der Waals surface area contributed by atoms with Gasteiger partial charge in [-0.15, -0.1) is 0 Å². The third kappa shape index (κ3) is 3.00. The number of allylic oxidation sites excluding steroid dienone is 1. The largest absolute Gasteiger partial charge is 0.300 e. The summed E-state index contributed by atoms with van der Waals surface area (Å²) in [5.74, 6) is 0.00207. The Morgan fingerprint density at radius 2 is 1.78 bits per heavy atom. The molecule has 0 fully saturated rings. The number of carbonyl (C=O) groups excluding carboxylic acids is 1. The van der Waals surface area contributed by atoms with Crippen LogP contribution < -0.4 is 4.31 Å². The number of hydrogen-bond donors (Lipinski definition) is 0. The maximum atomic E-state index is 13.6. The maximum absolute atomic E-state index is 13.6. The summed E-state index contributed by atoms with van der Waals surface area (Å²) in [6.45, 7) is 3.47. The third-order valence-corrected chi connectivity index (χ3v) is 7.31. The van der Waals surface area contributed by atoms with E-state index in [-0.39, 0.29) is 17.1 Å². The summed E-state index contributed by atoms with van der Waals surface area (Å²) in [7, 11) is -3.78. The Kier molecular flexibility index (Phi) is 4.42. The van der Waals surface area contributed by atoms with Gasteiger partial charge in [0.2, 0.25) is 0 Å². The van der Waals surface area contributed by atoms with Crippen LogP contribution in [0.15, 0.2) is 59.0 Å². The second-order valence-corrected chi connectivity index (χ2v) is 9.23. The molecule has 1 unspecified atom stereocenters. The van der Waals surface area contributed by atoms with Gasteiger partial charge >= 0.3 is 0 Å². The Hall–Kier alpha value is -2.40. The molecule has 27 heavy (non-hydrogen) atoms. The lowest BCUT2D eigenvalue weighted by atomic mass is 9.89. The van der Waals surface area contributed by atoms with E-state index < -0.39 is 16.1 Å². The summed E-state index contributed by atoms with van der Waals surface area (Å²) >= 11 is 0. The van der Waals surface area contributed by atoms with E-state index in [1.54, 1.807) is 12.1 Å². The van der Waals surface area contributed by atoms with Gasteiger partial charge in [-0.25, -0.2) is 8.42 Å². The van der Waals surface area contributed by atoms with E-state index in [4.69, 9.17) is 0 Å². The summed E-state index contributed by atoms with van der Waals surface area (Å²) in [5.41, 5.74) is 5.02. The van der Waals surface area contributed by atoms with Gasteiger partial charge in [-0.1, -0.05) is 35.9 Å². The van der Waals surface area contributed by atoms with Gasteiger partial charge in [0, 0.05) is 12.0 Å². The van der Waals surface area contributed by atoms with Crippen LogP contribution in [-0.2, 0) is 14.8 Å². The molecular formula is C22H23NO3S. The fourth-order valence-electron chi connectivity index (χ4n) is 4.27. The highest BCUT2D eigenvalue weighted by molar-refractivity contribution is 7.92. The van der Waals surface area contributed by atoms with E-state index in [2.05, 4.69) is 0 Å². The molecule has 0 amide bonds. The second kappa shape index (κ2) is 6.64. The second-order valence-electron chi connectivity index (χ2n) is 7.41. The van der Waals surface area contributed by atoms with Gasteiger partial charge < -0.3 is 0 Å². The summed E-state index contributed by atoms with van der Waals surface area (Å²) in [6, 6.07) is 14.2. The fraction of sp³-hybridized carbons (Fsp3) is 0.318. The van der Waals surface area contributed by atoms with Crippen LogP contribution in [0.25, 0.3) is 5.57 Å². The number of carbonyl (C=O) groups is 1. The molecule has 2 aliphatic rings. The van der Waals surface area contributed by atoms with Crippen LogP contribution in [0.5, 0.6) is 0 Å². The number of nitrogens with zero attached hydrogens (tertiary/aromatic N) is 1. The first-order chi connectivity index (χ1) is 12.9. The number of benzene rings is 2. The Bertz CT molecular complexity index is 1040. The zero-order chi connectivity index (χ0) is 19.2. The minimum absolute atomic E-state index is 0.00207. The Balaban J connectivity index is 1.93. The van der Waals surface area contributed by atoms with E-state index in [1.807, 2.05) is 43.3 Å². The molecule has 1 heterocycles. The van der Waals surface area contributed by atoms with Crippen molar-refractivity contribution in [2.45, 2.75) is 50.5 Å². The molecule has 4 rings (SSSR count). The standard InChI is InChI=1S/C22H23NO3S/c1-15-10-12-17(13-11-15)27(25,26)23-21-9-4-3-6-19(21)18-7-5-8-20(18)22(23)14-16(2)24/h3-4,6,9-13,22H,5,7-8,14H2,1-2H3. The van der Waals surface area contributed by atoms with Gasteiger partial charge in [0.25, 0.3) is 10.0 Å². The van der Waals surface area contributed by atoms with Crippen molar-refractivity contribution in [2.24, 2.45) is 0 Å². The predicted molar refractivity (Wildman–Crippen MR) is 107 cm³/mol. The molecule has 2 aromatic rings. The predicted octanol–water partition coefficient (Wildman–Crippen LogP) is 4.49. The molecule has 0 saturated carbocycles. The Morgan fingerprint density at radius 3 is 2.48 bits per heavy atom.